The van der Waals surface area contributed by atoms with Gasteiger partial charge in [-0.15, -0.1) is 0 Å². The Morgan fingerprint density at radius 3 is 2.54 bits per heavy atom. The fourth-order valence-electron chi connectivity index (χ4n) is 3.58. The number of benzene rings is 1. The molecule has 1 aromatic heterocycles. The SMILES string of the molecule is CC(C)N1CCN(C(=O)Cn2c(C(F)(F)F)nc3ccccc32)CC1C(N)=O. The van der Waals surface area contributed by atoms with Gasteiger partial charge in [-0.25, -0.2) is 4.98 Å². The number of nitrogens with zero attached hydrogens (tertiary/aromatic N) is 4. The first-order valence-electron chi connectivity index (χ1n) is 8.95. The number of imidazole rings is 1. The Balaban J connectivity index is 1.87. The van der Waals surface area contributed by atoms with E-state index in [0.717, 1.165) is 4.57 Å². The quantitative estimate of drug-likeness (QED) is 0.847. The maximum absolute atomic E-state index is 13.4. The number of carbonyl (C=O) groups excluding carboxylic acids is 2. The van der Waals surface area contributed by atoms with E-state index in [2.05, 4.69) is 4.98 Å². The summed E-state index contributed by atoms with van der Waals surface area (Å²) in [5.41, 5.74) is 5.87. The van der Waals surface area contributed by atoms with E-state index in [-0.39, 0.29) is 23.6 Å². The highest BCUT2D eigenvalue weighted by molar-refractivity contribution is 5.84. The normalized spacial score (nSPS) is 18.8. The minimum Gasteiger partial charge on any atom is -0.368 e. The van der Waals surface area contributed by atoms with Crippen LogP contribution < -0.4 is 5.73 Å². The third-order valence-corrected chi connectivity index (χ3v) is 4.97. The molecule has 2 N–H and O–H groups in total. The summed E-state index contributed by atoms with van der Waals surface area (Å²) in [5, 5.41) is 0. The number of hydrogen-bond acceptors (Lipinski definition) is 4. The van der Waals surface area contributed by atoms with Crippen molar-refractivity contribution in [2.75, 3.05) is 19.6 Å². The molecular formula is C18H22F3N5O2. The van der Waals surface area contributed by atoms with Crippen LogP contribution in [0.3, 0.4) is 0 Å². The van der Waals surface area contributed by atoms with Gasteiger partial charge in [-0.2, -0.15) is 13.2 Å². The zero-order valence-electron chi connectivity index (χ0n) is 15.6. The molecule has 1 aliphatic heterocycles. The third-order valence-electron chi connectivity index (χ3n) is 4.97. The Labute approximate surface area is 159 Å². The van der Waals surface area contributed by atoms with Crippen LogP contribution in [-0.4, -0.2) is 62.9 Å². The molecule has 0 radical (unpaired) electrons. The van der Waals surface area contributed by atoms with Crippen molar-refractivity contribution in [3.8, 4) is 0 Å². The summed E-state index contributed by atoms with van der Waals surface area (Å²) in [6.07, 6.45) is -4.69. The van der Waals surface area contributed by atoms with Gasteiger partial charge in [0.05, 0.1) is 11.0 Å². The van der Waals surface area contributed by atoms with E-state index in [1.54, 1.807) is 12.1 Å². The van der Waals surface area contributed by atoms with E-state index >= 15 is 0 Å². The highest BCUT2D eigenvalue weighted by Gasteiger charge is 2.39. The molecule has 1 atom stereocenters. The van der Waals surface area contributed by atoms with Crippen LogP contribution in [0.5, 0.6) is 0 Å². The van der Waals surface area contributed by atoms with Gasteiger partial charge in [-0.1, -0.05) is 12.1 Å². The lowest BCUT2D eigenvalue weighted by molar-refractivity contribution is -0.148. The lowest BCUT2D eigenvalue weighted by atomic mass is 10.1. The van der Waals surface area contributed by atoms with Crippen molar-refractivity contribution >= 4 is 22.8 Å². The van der Waals surface area contributed by atoms with Crippen molar-refractivity contribution in [1.82, 2.24) is 19.4 Å². The lowest BCUT2D eigenvalue weighted by Crippen LogP contribution is -2.61. The largest absolute Gasteiger partial charge is 0.449 e. The maximum atomic E-state index is 13.4. The average molecular weight is 397 g/mol. The first kappa shape index (κ1) is 20.1. The Morgan fingerprint density at radius 2 is 1.93 bits per heavy atom. The molecule has 0 saturated carbocycles. The van der Waals surface area contributed by atoms with Crippen LogP contribution in [0.4, 0.5) is 13.2 Å². The Kier molecular flexibility index (Phi) is 5.33. The van der Waals surface area contributed by atoms with Gasteiger partial charge in [0.2, 0.25) is 17.6 Å². The molecule has 7 nitrogen and oxygen atoms in total. The standard InChI is InChI=1S/C18H22F3N5O2/c1-11(2)25-8-7-24(9-14(25)16(22)28)15(27)10-26-13-6-4-3-5-12(13)23-17(26)18(19,20)21/h3-6,11,14H,7-10H2,1-2H3,(H2,22,28). The smallest absolute Gasteiger partial charge is 0.368 e. The minimum absolute atomic E-state index is 0.0559. The third kappa shape index (κ3) is 3.82. The zero-order chi connectivity index (χ0) is 20.6. The summed E-state index contributed by atoms with van der Waals surface area (Å²) in [6, 6.07) is 5.53. The molecule has 3 rings (SSSR count). The van der Waals surface area contributed by atoms with Crippen LogP contribution in [0.1, 0.15) is 19.7 Å². The van der Waals surface area contributed by atoms with E-state index in [1.807, 2.05) is 18.7 Å². The average Bonchev–Trinajstić information content (AvgIpc) is 3.00. The number of carbonyl (C=O) groups is 2. The molecule has 2 aromatic rings. The number of hydrogen-bond donors (Lipinski definition) is 1. The fourth-order valence-corrected chi connectivity index (χ4v) is 3.58. The van der Waals surface area contributed by atoms with Crippen LogP contribution in [0.15, 0.2) is 24.3 Å². The summed E-state index contributed by atoms with van der Waals surface area (Å²) in [4.78, 5) is 31.5. The molecule has 152 valence electrons. The number of alkyl halides is 3. The van der Waals surface area contributed by atoms with Crippen LogP contribution in [0.2, 0.25) is 0 Å². The second-order valence-corrected chi connectivity index (χ2v) is 7.10. The van der Waals surface area contributed by atoms with Crippen LogP contribution in [0, 0.1) is 0 Å². The topological polar surface area (TPSA) is 84.5 Å². The van der Waals surface area contributed by atoms with Crippen molar-refractivity contribution in [1.29, 1.82) is 0 Å². The summed E-state index contributed by atoms with van der Waals surface area (Å²) in [6.45, 7) is 4.12. The molecule has 1 aliphatic rings. The molecule has 1 saturated heterocycles. The second-order valence-electron chi connectivity index (χ2n) is 7.10. The lowest BCUT2D eigenvalue weighted by Gasteiger charge is -2.42. The maximum Gasteiger partial charge on any atom is 0.449 e. The monoisotopic (exact) mass is 397 g/mol. The molecule has 2 amide bonds. The molecule has 10 heteroatoms. The highest BCUT2D eigenvalue weighted by Crippen LogP contribution is 2.31. The van der Waals surface area contributed by atoms with Crippen molar-refractivity contribution in [2.45, 2.75) is 38.7 Å². The fraction of sp³-hybridized carbons (Fsp3) is 0.500. The number of primary amides is 1. The first-order chi connectivity index (χ1) is 13.1. The molecule has 0 spiro atoms. The molecule has 2 heterocycles. The summed E-state index contributed by atoms with van der Waals surface area (Å²) in [7, 11) is 0. The minimum atomic E-state index is -4.69. The van der Waals surface area contributed by atoms with Crippen molar-refractivity contribution in [2.24, 2.45) is 5.73 Å². The Morgan fingerprint density at radius 1 is 1.25 bits per heavy atom. The van der Waals surface area contributed by atoms with Gasteiger partial charge in [0.15, 0.2) is 0 Å². The predicted molar refractivity (Wildman–Crippen MR) is 96.1 cm³/mol. The number of para-hydroxylation sites is 2. The van der Waals surface area contributed by atoms with Crippen LogP contribution in [-0.2, 0) is 22.3 Å². The van der Waals surface area contributed by atoms with Crippen molar-refractivity contribution in [3.05, 3.63) is 30.1 Å². The molecule has 1 fully saturated rings. The molecular weight excluding hydrogens is 375 g/mol. The van der Waals surface area contributed by atoms with E-state index < -0.39 is 36.4 Å². The first-order valence-corrected chi connectivity index (χ1v) is 8.95. The summed E-state index contributed by atoms with van der Waals surface area (Å²) < 4.78 is 41.1. The van der Waals surface area contributed by atoms with Gasteiger partial charge >= 0.3 is 6.18 Å². The Bertz CT molecular complexity index is 893. The number of fused-ring (bicyclic) bond motifs is 1. The molecule has 1 aromatic carbocycles. The predicted octanol–water partition coefficient (Wildman–Crippen LogP) is 1.46. The number of rotatable bonds is 4. The zero-order valence-corrected chi connectivity index (χ0v) is 15.6. The molecule has 0 bridgehead atoms. The van der Waals surface area contributed by atoms with E-state index in [1.165, 1.54) is 17.0 Å². The van der Waals surface area contributed by atoms with Crippen molar-refractivity contribution < 1.29 is 22.8 Å². The molecule has 28 heavy (non-hydrogen) atoms. The van der Waals surface area contributed by atoms with E-state index in [0.29, 0.717) is 13.1 Å². The Hall–Kier alpha value is -2.62. The van der Waals surface area contributed by atoms with Gasteiger partial charge in [0.25, 0.3) is 0 Å². The van der Waals surface area contributed by atoms with Crippen molar-refractivity contribution in [3.63, 3.8) is 0 Å². The van der Waals surface area contributed by atoms with Gasteiger partial charge in [-0.3, -0.25) is 14.5 Å². The summed E-state index contributed by atoms with van der Waals surface area (Å²) >= 11 is 0. The number of halogens is 3. The van der Waals surface area contributed by atoms with Gasteiger partial charge in [0, 0.05) is 25.7 Å². The van der Waals surface area contributed by atoms with Gasteiger partial charge in [-0.05, 0) is 26.0 Å². The van der Waals surface area contributed by atoms with Gasteiger partial charge in [0.1, 0.15) is 12.6 Å². The number of aromatic nitrogens is 2. The van der Waals surface area contributed by atoms with Crippen LogP contribution in [0.25, 0.3) is 11.0 Å². The highest BCUT2D eigenvalue weighted by atomic mass is 19.4. The van der Waals surface area contributed by atoms with E-state index in [4.69, 9.17) is 5.73 Å². The number of amides is 2. The van der Waals surface area contributed by atoms with E-state index in [9.17, 15) is 22.8 Å². The number of nitrogens with two attached hydrogens (primary N) is 1. The molecule has 1 unspecified atom stereocenters. The molecule has 0 aliphatic carbocycles. The summed E-state index contributed by atoms with van der Waals surface area (Å²) in [5.74, 6) is -2.19. The second kappa shape index (κ2) is 7.42. The van der Waals surface area contributed by atoms with Gasteiger partial charge < -0.3 is 15.2 Å². The number of piperazine rings is 1. The van der Waals surface area contributed by atoms with Crippen LogP contribution >= 0.6 is 0 Å².